The van der Waals surface area contributed by atoms with Gasteiger partial charge in [-0.25, -0.2) is 0 Å². The van der Waals surface area contributed by atoms with Crippen molar-refractivity contribution in [3.05, 3.63) is 24.3 Å². The fourth-order valence-corrected chi connectivity index (χ4v) is 2.23. The summed E-state index contributed by atoms with van der Waals surface area (Å²) in [6, 6.07) is 0. The average Bonchev–Trinajstić information content (AvgIpc) is 2.15. The number of allylic oxidation sites excluding steroid dienone is 4. The zero-order valence-electron chi connectivity index (χ0n) is 11.1. The summed E-state index contributed by atoms with van der Waals surface area (Å²) < 4.78 is 0. The monoisotopic (exact) mass is 323 g/mol. The predicted octanol–water partition coefficient (Wildman–Crippen LogP) is 5.79. The average molecular weight is 323 g/mol. The van der Waals surface area contributed by atoms with Crippen molar-refractivity contribution in [1.29, 1.82) is 0 Å². The van der Waals surface area contributed by atoms with Gasteiger partial charge < -0.3 is 0 Å². The largest absolute Gasteiger partial charge is 0.0885 e. The molecule has 0 N–H and O–H groups in total. The standard InChI is InChI=1S/2C8H14.Rh/c2*1-2-4-6-8-7-5-3-1;/h2*1-2H,3-8H2;/b2*2-1-;. The van der Waals surface area contributed by atoms with E-state index in [9.17, 15) is 0 Å². The zero-order valence-corrected chi connectivity index (χ0v) is 12.8. The SMILES string of the molecule is C1=C\CCCCCC/1.C1=C\CCCCCC/1.[Rh]. The molecule has 2 aliphatic carbocycles. The molecule has 0 heterocycles. The second-order valence-corrected chi connectivity index (χ2v) is 4.93. The van der Waals surface area contributed by atoms with Gasteiger partial charge in [0.1, 0.15) is 0 Å². The molecule has 0 aromatic heterocycles. The molecular weight excluding hydrogens is 295 g/mol. The molecule has 0 fully saturated rings. The molecule has 0 aromatic carbocycles. The maximum absolute atomic E-state index is 2.32. The van der Waals surface area contributed by atoms with Gasteiger partial charge in [-0.1, -0.05) is 50.0 Å². The molecule has 0 aromatic rings. The molecule has 0 amide bonds. The summed E-state index contributed by atoms with van der Waals surface area (Å²) in [4.78, 5) is 0. The molecule has 17 heavy (non-hydrogen) atoms. The molecule has 0 nitrogen and oxygen atoms in total. The minimum absolute atomic E-state index is 0. The first-order valence-corrected chi connectivity index (χ1v) is 7.30. The van der Waals surface area contributed by atoms with Crippen molar-refractivity contribution in [2.45, 2.75) is 77.0 Å². The fourth-order valence-electron chi connectivity index (χ4n) is 2.23. The summed E-state index contributed by atoms with van der Waals surface area (Å²) in [7, 11) is 0. The molecule has 1 radical (unpaired) electrons. The van der Waals surface area contributed by atoms with Gasteiger partial charge in [0.25, 0.3) is 0 Å². The first kappa shape index (κ1) is 17.1. The van der Waals surface area contributed by atoms with Crippen molar-refractivity contribution in [3.63, 3.8) is 0 Å². The van der Waals surface area contributed by atoms with Gasteiger partial charge in [-0.05, 0) is 51.4 Å². The van der Waals surface area contributed by atoms with Crippen LogP contribution in [0.15, 0.2) is 24.3 Å². The smallest absolute Gasteiger partial charge is 0 e. The molecule has 0 saturated carbocycles. The Balaban J connectivity index is 0.000000284. The van der Waals surface area contributed by atoms with E-state index in [1.54, 1.807) is 0 Å². The normalized spacial score (nSPS) is 24.5. The van der Waals surface area contributed by atoms with E-state index in [4.69, 9.17) is 0 Å². The number of hydrogen-bond donors (Lipinski definition) is 0. The summed E-state index contributed by atoms with van der Waals surface area (Å²) in [5, 5.41) is 0. The van der Waals surface area contributed by atoms with Gasteiger partial charge in [-0.2, -0.15) is 0 Å². The molecule has 0 spiro atoms. The maximum atomic E-state index is 2.32. The Bertz CT molecular complexity index is 152. The topological polar surface area (TPSA) is 0 Å². The van der Waals surface area contributed by atoms with Crippen LogP contribution in [0.2, 0.25) is 0 Å². The number of hydrogen-bond acceptors (Lipinski definition) is 0. The van der Waals surface area contributed by atoms with Crippen molar-refractivity contribution in [3.8, 4) is 0 Å². The van der Waals surface area contributed by atoms with Gasteiger partial charge in [0.05, 0.1) is 0 Å². The van der Waals surface area contributed by atoms with Crippen LogP contribution >= 0.6 is 0 Å². The second kappa shape index (κ2) is 14.2. The Morgan fingerprint density at radius 3 is 0.824 bits per heavy atom. The van der Waals surface area contributed by atoms with Crippen LogP contribution in [0.1, 0.15) is 77.0 Å². The van der Waals surface area contributed by atoms with E-state index >= 15 is 0 Å². The molecule has 0 unspecified atom stereocenters. The summed E-state index contributed by atoms with van der Waals surface area (Å²) in [5.41, 5.74) is 0. The van der Waals surface area contributed by atoms with Crippen molar-refractivity contribution in [1.82, 2.24) is 0 Å². The predicted molar refractivity (Wildman–Crippen MR) is 73.7 cm³/mol. The van der Waals surface area contributed by atoms with E-state index in [0.29, 0.717) is 0 Å². The molecule has 2 aliphatic rings. The molecule has 2 rings (SSSR count). The third kappa shape index (κ3) is 12.4. The van der Waals surface area contributed by atoms with Crippen LogP contribution in [-0.2, 0) is 19.5 Å². The van der Waals surface area contributed by atoms with Crippen LogP contribution in [0.4, 0.5) is 0 Å². The van der Waals surface area contributed by atoms with Crippen LogP contribution in [0.25, 0.3) is 0 Å². The summed E-state index contributed by atoms with van der Waals surface area (Å²) in [5.74, 6) is 0. The Morgan fingerprint density at radius 2 is 0.588 bits per heavy atom. The van der Waals surface area contributed by atoms with E-state index in [1.807, 2.05) is 0 Å². The molecule has 101 valence electrons. The molecular formula is C16H28Rh. The van der Waals surface area contributed by atoms with Gasteiger partial charge in [0.2, 0.25) is 0 Å². The van der Waals surface area contributed by atoms with Crippen molar-refractivity contribution in [2.24, 2.45) is 0 Å². The van der Waals surface area contributed by atoms with E-state index in [0.717, 1.165) is 0 Å². The third-order valence-electron chi connectivity index (χ3n) is 3.32. The Hall–Kier alpha value is 0.103. The molecule has 0 bridgehead atoms. The van der Waals surface area contributed by atoms with E-state index in [2.05, 4.69) is 24.3 Å². The molecule has 0 aliphatic heterocycles. The Labute approximate surface area is 121 Å². The quantitative estimate of drug-likeness (QED) is 0.391. The van der Waals surface area contributed by atoms with Crippen molar-refractivity contribution >= 4 is 0 Å². The first-order chi connectivity index (χ1) is 8.00. The van der Waals surface area contributed by atoms with E-state index < -0.39 is 0 Å². The first-order valence-electron chi connectivity index (χ1n) is 7.30. The second-order valence-electron chi connectivity index (χ2n) is 4.93. The van der Waals surface area contributed by atoms with Gasteiger partial charge in [-0.15, -0.1) is 0 Å². The summed E-state index contributed by atoms with van der Waals surface area (Å²) in [6.07, 6.45) is 26.0. The van der Waals surface area contributed by atoms with Crippen LogP contribution < -0.4 is 0 Å². The molecule has 0 atom stereocenters. The van der Waals surface area contributed by atoms with Crippen LogP contribution in [-0.4, -0.2) is 0 Å². The minimum Gasteiger partial charge on any atom is -0.0885 e. The number of rotatable bonds is 0. The fraction of sp³-hybridized carbons (Fsp3) is 0.750. The van der Waals surface area contributed by atoms with Gasteiger partial charge in [-0.3, -0.25) is 0 Å². The molecule has 0 saturated heterocycles. The van der Waals surface area contributed by atoms with Crippen molar-refractivity contribution < 1.29 is 19.5 Å². The minimum atomic E-state index is 0. The summed E-state index contributed by atoms with van der Waals surface area (Å²) >= 11 is 0. The third-order valence-corrected chi connectivity index (χ3v) is 3.32. The summed E-state index contributed by atoms with van der Waals surface area (Å²) in [6.45, 7) is 0. The van der Waals surface area contributed by atoms with Crippen molar-refractivity contribution in [2.75, 3.05) is 0 Å². The Morgan fingerprint density at radius 1 is 0.353 bits per heavy atom. The van der Waals surface area contributed by atoms with Gasteiger partial charge >= 0.3 is 0 Å². The van der Waals surface area contributed by atoms with Crippen LogP contribution in [0.5, 0.6) is 0 Å². The molecule has 1 heteroatoms. The van der Waals surface area contributed by atoms with Gasteiger partial charge in [0.15, 0.2) is 0 Å². The van der Waals surface area contributed by atoms with Gasteiger partial charge in [0, 0.05) is 19.5 Å². The van der Waals surface area contributed by atoms with E-state index in [-0.39, 0.29) is 19.5 Å². The maximum Gasteiger partial charge on any atom is 0 e. The zero-order chi connectivity index (χ0) is 11.3. The van der Waals surface area contributed by atoms with Crippen LogP contribution in [0.3, 0.4) is 0 Å². The Kier molecular flexibility index (Phi) is 14.3. The van der Waals surface area contributed by atoms with Crippen LogP contribution in [0, 0.1) is 0 Å². The van der Waals surface area contributed by atoms with E-state index in [1.165, 1.54) is 77.0 Å².